The van der Waals surface area contributed by atoms with Gasteiger partial charge in [0.2, 0.25) is 0 Å². The Kier molecular flexibility index (Phi) is 4.59. The van der Waals surface area contributed by atoms with Crippen LogP contribution < -0.4 is 10.6 Å². The molecule has 2 aromatic carbocycles. The molecule has 23 heavy (non-hydrogen) atoms. The summed E-state index contributed by atoms with van der Waals surface area (Å²) < 4.78 is 0. The Hall–Kier alpha value is -2.79. The molecule has 0 bridgehead atoms. The number of hydrogen-bond donors (Lipinski definition) is 1. The average Bonchev–Trinajstić information content (AvgIpc) is 2.57. The molecule has 3 aromatic rings. The predicted octanol–water partition coefficient (Wildman–Crippen LogP) is 3.45. The molecular weight excluding hydrogens is 304 g/mol. The quantitative estimate of drug-likeness (QED) is 0.746. The van der Waals surface area contributed by atoms with Crippen molar-refractivity contribution in [3.05, 3.63) is 84.3 Å². The van der Waals surface area contributed by atoms with Gasteiger partial charge < -0.3 is 5.73 Å². The molecule has 0 aliphatic heterocycles. The summed E-state index contributed by atoms with van der Waals surface area (Å²) in [6.45, 7) is 0. The van der Waals surface area contributed by atoms with Crippen molar-refractivity contribution in [2.45, 2.75) is 6.42 Å². The maximum atomic E-state index is 5.90. The molecule has 0 amide bonds. The van der Waals surface area contributed by atoms with Crippen LogP contribution in [0.3, 0.4) is 0 Å². The Morgan fingerprint density at radius 2 is 1.61 bits per heavy atom. The number of thiocarbonyl (C=S) groups is 1. The first-order valence-electron chi connectivity index (χ1n) is 7.24. The summed E-state index contributed by atoms with van der Waals surface area (Å²) in [5.74, 6) is 1.40. The van der Waals surface area contributed by atoms with Gasteiger partial charge in [0.1, 0.15) is 11.6 Å². The largest absolute Gasteiger partial charge is 0.376 e. The van der Waals surface area contributed by atoms with Gasteiger partial charge in [-0.2, -0.15) is 0 Å². The molecule has 0 unspecified atom stereocenters. The van der Waals surface area contributed by atoms with Crippen molar-refractivity contribution in [1.82, 2.24) is 9.97 Å². The van der Waals surface area contributed by atoms with Gasteiger partial charge in [0, 0.05) is 18.3 Å². The molecule has 5 heteroatoms. The fourth-order valence-electron chi connectivity index (χ4n) is 2.33. The minimum absolute atomic E-state index is 0.251. The zero-order valence-corrected chi connectivity index (χ0v) is 13.3. The highest BCUT2D eigenvalue weighted by molar-refractivity contribution is 7.80. The van der Waals surface area contributed by atoms with Gasteiger partial charge in [-0.15, -0.1) is 0 Å². The van der Waals surface area contributed by atoms with E-state index in [1.807, 2.05) is 48.5 Å². The van der Waals surface area contributed by atoms with Crippen LogP contribution in [0.4, 0.5) is 11.5 Å². The van der Waals surface area contributed by atoms with E-state index in [0.717, 1.165) is 17.1 Å². The van der Waals surface area contributed by atoms with Gasteiger partial charge in [0.25, 0.3) is 0 Å². The fourth-order valence-corrected chi connectivity index (χ4v) is 2.52. The monoisotopic (exact) mass is 320 g/mol. The second-order valence-corrected chi connectivity index (χ2v) is 5.42. The Bertz CT molecular complexity index is 790. The highest BCUT2D eigenvalue weighted by Gasteiger charge is 2.14. The lowest BCUT2D eigenvalue weighted by atomic mass is 10.1. The lowest BCUT2D eigenvalue weighted by molar-refractivity contribution is 0.961. The van der Waals surface area contributed by atoms with Crippen LogP contribution in [-0.2, 0) is 6.42 Å². The summed E-state index contributed by atoms with van der Waals surface area (Å²) in [6, 6.07) is 21.6. The molecular formula is C18H16N4S. The minimum Gasteiger partial charge on any atom is -0.376 e. The molecule has 0 aliphatic carbocycles. The van der Waals surface area contributed by atoms with Crippen LogP contribution >= 0.6 is 12.2 Å². The molecule has 4 nitrogen and oxygen atoms in total. The van der Waals surface area contributed by atoms with Crippen molar-refractivity contribution in [1.29, 1.82) is 0 Å². The number of nitrogens with zero attached hydrogens (tertiary/aromatic N) is 3. The van der Waals surface area contributed by atoms with E-state index >= 15 is 0 Å². The van der Waals surface area contributed by atoms with Gasteiger partial charge in [-0.3, -0.25) is 4.90 Å². The SMILES string of the molecule is NC(=S)N(c1ccccc1)c1ccnc(Cc2ccccc2)n1. The van der Waals surface area contributed by atoms with Gasteiger partial charge in [0.15, 0.2) is 5.11 Å². The molecule has 1 heterocycles. The molecule has 0 aliphatic rings. The summed E-state index contributed by atoms with van der Waals surface area (Å²) in [7, 11) is 0. The van der Waals surface area contributed by atoms with Crippen LogP contribution in [-0.4, -0.2) is 15.1 Å². The van der Waals surface area contributed by atoms with E-state index in [1.165, 1.54) is 0 Å². The first-order chi connectivity index (χ1) is 11.2. The molecule has 0 saturated heterocycles. The van der Waals surface area contributed by atoms with Gasteiger partial charge >= 0.3 is 0 Å². The van der Waals surface area contributed by atoms with E-state index < -0.39 is 0 Å². The molecule has 1 aromatic heterocycles. The second kappa shape index (κ2) is 6.98. The van der Waals surface area contributed by atoms with Crippen LogP contribution in [0.2, 0.25) is 0 Å². The van der Waals surface area contributed by atoms with Gasteiger partial charge in [-0.05, 0) is 36.0 Å². The summed E-state index contributed by atoms with van der Waals surface area (Å²) >= 11 is 5.20. The molecule has 114 valence electrons. The zero-order valence-electron chi connectivity index (χ0n) is 12.5. The number of benzene rings is 2. The van der Waals surface area contributed by atoms with Crippen molar-refractivity contribution in [2.24, 2.45) is 5.73 Å². The number of nitrogens with two attached hydrogens (primary N) is 1. The van der Waals surface area contributed by atoms with E-state index in [4.69, 9.17) is 18.0 Å². The number of rotatable bonds is 4. The number of anilines is 2. The molecule has 0 radical (unpaired) electrons. The average molecular weight is 320 g/mol. The second-order valence-electron chi connectivity index (χ2n) is 5.00. The Balaban J connectivity index is 1.92. The van der Waals surface area contributed by atoms with Gasteiger partial charge in [0.05, 0.1) is 0 Å². The molecule has 3 rings (SSSR count). The molecule has 0 atom stereocenters. The third-order valence-corrected chi connectivity index (χ3v) is 3.54. The highest BCUT2D eigenvalue weighted by atomic mass is 32.1. The molecule has 0 spiro atoms. The molecule has 0 fully saturated rings. The maximum absolute atomic E-state index is 5.90. The van der Waals surface area contributed by atoms with E-state index in [9.17, 15) is 0 Å². The van der Waals surface area contributed by atoms with Crippen LogP contribution in [0.25, 0.3) is 0 Å². The van der Waals surface area contributed by atoms with E-state index in [1.54, 1.807) is 17.2 Å². The summed E-state index contributed by atoms with van der Waals surface area (Å²) in [6.07, 6.45) is 2.39. The summed E-state index contributed by atoms with van der Waals surface area (Å²) in [5.41, 5.74) is 7.94. The fraction of sp³-hybridized carbons (Fsp3) is 0.0556. The van der Waals surface area contributed by atoms with Crippen LogP contribution in [0.15, 0.2) is 72.9 Å². The normalized spacial score (nSPS) is 10.3. The standard InChI is InChI=1S/C18H16N4S/c19-18(23)22(15-9-5-2-6-10-15)17-11-12-20-16(21-17)13-14-7-3-1-4-8-14/h1-12H,13H2,(H2,19,23). The third-order valence-electron chi connectivity index (χ3n) is 3.36. The highest BCUT2D eigenvalue weighted by Crippen LogP contribution is 2.23. The Morgan fingerprint density at radius 3 is 2.26 bits per heavy atom. The van der Waals surface area contributed by atoms with E-state index in [-0.39, 0.29) is 5.11 Å². The van der Waals surface area contributed by atoms with Crippen molar-refractivity contribution in [3.8, 4) is 0 Å². The smallest absolute Gasteiger partial charge is 0.176 e. The molecule has 0 saturated carbocycles. The van der Waals surface area contributed by atoms with Crippen molar-refractivity contribution in [3.63, 3.8) is 0 Å². The van der Waals surface area contributed by atoms with Crippen molar-refractivity contribution >= 4 is 28.8 Å². The topological polar surface area (TPSA) is 55.0 Å². The van der Waals surface area contributed by atoms with E-state index in [0.29, 0.717) is 12.2 Å². The van der Waals surface area contributed by atoms with Gasteiger partial charge in [-0.25, -0.2) is 9.97 Å². The first kappa shape index (κ1) is 15.1. The number of para-hydroxylation sites is 1. The Morgan fingerprint density at radius 1 is 0.957 bits per heavy atom. The lowest BCUT2D eigenvalue weighted by Gasteiger charge is -2.22. The minimum atomic E-state index is 0.251. The maximum Gasteiger partial charge on any atom is 0.176 e. The molecule has 2 N–H and O–H groups in total. The third kappa shape index (κ3) is 3.70. The summed E-state index contributed by atoms with van der Waals surface area (Å²) in [5, 5.41) is 0.251. The zero-order chi connectivity index (χ0) is 16.1. The van der Waals surface area contributed by atoms with Crippen molar-refractivity contribution < 1.29 is 0 Å². The van der Waals surface area contributed by atoms with Crippen LogP contribution in [0.1, 0.15) is 11.4 Å². The first-order valence-corrected chi connectivity index (χ1v) is 7.65. The van der Waals surface area contributed by atoms with Crippen molar-refractivity contribution in [2.75, 3.05) is 4.90 Å². The Labute approximate surface area is 140 Å². The van der Waals surface area contributed by atoms with Crippen LogP contribution in [0, 0.1) is 0 Å². The van der Waals surface area contributed by atoms with Crippen LogP contribution in [0.5, 0.6) is 0 Å². The number of aromatic nitrogens is 2. The predicted molar refractivity (Wildman–Crippen MR) is 96.6 cm³/mol. The number of hydrogen-bond acceptors (Lipinski definition) is 3. The lowest BCUT2D eigenvalue weighted by Crippen LogP contribution is -2.32. The van der Waals surface area contributed by atoms with Gasteiger partial charge in [-0.1, -0.05) is 48.5 Å². The van der Waals surface area contributed by atoms with E-state index in [2.05, 4.69) is 22.1 Å². The summed E-state index contributed by atoms with van der Waals surface area (Å²) in [4.78, 5) is 10.7.